The second-order valence-corrected chi connectivity index (χ2v) is 2.78. The van der Waals surface area contributed by atoms with Gasteiger partial charge in [0.05, 0.1) is 12.4 Å². The van der Waals surface area contributed by atoms with Crippen molar-refractivity contribution in [1.82, 2.24) is 0 Å². The molecule has 3 nitrogen and oxygen atoms in total. The largest absolute Gasteiger partial charge is 0.467 e. The first-order valence-electron chi connectivity index (χ1n) is 4.17. The lowest BCUT2D eigenvalue weighted by Crippen LogP contribution is -2.13. The van der Waals surface area contributed by atoms with Gasteiger partial charge in [-0.2, -0.15) is 0 Å². The Labute approximate surface area is 72.5 Å². The summed E-state index contributed by atoms with van der Waals surface area (Å²) in [7, 11) is 0. The van der Waals surface area contributed by atoms with Crippen molar-refractivity contribution in [3.05, 3.63) is 24.2 Å². The smallest absolute Gasteiger partial charge is 0.129 e. The summed E-state index contributed by atoms with van der Waals surface area (Å²) in [6, 6.07) is 3.75. The molecule has 1 atom stereocenters. The van der Waals surface area contributed by atoms with E-state index in [1.165, 1.54) is 0 Å². The normalized spacial score (nSPS) is 13.2. The molecular formula is C9H15NO2. The van der Waals surface area contributed by atoms with Gasteiger partial charge in [0.25, 0.3) is 0 Å². The molecule has 2 N–H and O–H groups in total. The van der Waals surface area contributed by atoms with E-state index in [2.05, 4.69) is 0 Å². The molecule has 0 fully saturated rings. The van der Waals surface area contributed by atoms with Crippen LogP contribution in [0.2, 0.25) is 0 Å². The Hall–Kier alpha value is -0.800. The van der Waals surface area contributed by atoms with Crippen LogP contribution >= 0.6 is 0 Å². The molecular weight excluding hydrogens is 154 g/mol. The van der Waals surface area contributed by atoms with Crippen LogP contribution in [0.15, 0.2) is 22.8 Å². The van der Waals surface area contributed by atoms with Gasteiger partial charge in [0, 0.05) is 0 Å². The van der Waals surface area contributed by atoms with Crippen LogP contribution in [0.4, 0.5) is 0 Å². The third-order valence-corrected chi connectivity index (χ3v) is 1.66. The second kappa shape index (κ2) is 4.95. The van der Waals surface area contributed by atoms with Crippen molar-refractivity contribution in [2.45, 2.75) is 26.1 Å². The standard InChI is InChI=1S/C9H15NO2/c1-8(4-5-10)12-7-9-3-2-6-11-9/h2-3,6,8H,4-5,7,10H2,1H3. The van der Waals surface area contributed by atoms with Crippen molar-refractivity contribution in [1.29, 1.82) is 0 Å². The zero-order valence-corrected chi connectivity index (χ0v) is 7.32. The molecule has 3 heteroatoms. The van der Waals surface area contributed by atoms with E-state index < -0.39 is 0 Å². The third kappa shape index (κ3) is 3.07. The summed E-state index contributed by atoms with van der Waals surface area (Å²) in [5.74, 6) is 0.860. The predicted octanol–water partition coefficient (Wildman–Crippen LogP) is 1.53. The Bertz CT molecular complexity index is 196. The first-order chi connectivity index (χ1) is 5.83. The minimum absolute atomic E-state index is 0.208. The second-order valence-electron chi connectivity index (χ2n) is 2.78. The zero-order valence-electron chi connectivity index (χ0n) is 7.32. The van der Waals surface area contributed by atoms with Crippen LogP contribution in [-0.4, -0.2) is 12.6 Å². The molecule has 0 aromatic carbocycles. The van der Waals surface area contributed by atoms with Gasteiger partial charge in [0.15, 0.2) is 0 Å². The highest BCUT2D eigenvalue weighted by Crippen LogP contribution is 2.05. The zero-order chi connectivity index (χ0) is 8.81. The molecule has 0 spiro atoms. The van der Waals surface area contributed by atoms with Crippen molar-refractivity contribution < 1.29 is 9.15 Å². The Kier molecular flexibility index (Phi) is 3.84. The SMILES string of the molecule is CC(CCN)OCc1ccco1. The quantitative estimate of drug-likeness (QED) is 0.727. The van der Waals surface area contributed by atoms with Crippen molar-refractivity contribution >= 4 is 0 Å². The molecule has 0 aliphatic carbocycles. The Morgan fingerprint density at radius 3 is 3.08 bits per heavy atom. The lowest BCUT2D eigenvalue weighted by Gasteiger charge is -2.09. The van der Waals surface area contributed by atoms with Crippen molar-refractivity contribution in [2.75, 3.05) is 6.54 Å². The molecule has 12 heavy (non-hydrogen) atoms. The lowest BCUT2D eigenvalue weighted by molar-refractivity contribution is 0.0391. The van der Waals surface area contributed by atoms with Crippen LogP contribution in [0.3, 0.4) is 0 Å². The van der Waals surface area contributed by atoms with Gasteiger partial charge in [-0.3, -0.25) is 0 Å². The number of nitrogens with two attached hydrogens (primary N) is 1. The molecule has 1 unspecified atom stereocenters. The van der Waals surface area contributed by atoms with E-state index >= 15 is 0 Å². The lowest BCUT2D eigenvalue weighted by atomic mass is 10.3. The van der Waals surface area contributed by atoms with Gasteiger partial charge in [-0.05, 0) is 32.0 Å². The average molecular weight is 169 g/mol. The van der Waals surface area contributed by atoms with E-state index in [0.717, 1.165) is 12.2 Å². The van der Waals surface area contributed by atoms with Gasteiger partial charge < -0.3 is 14.9 Å². The maximum absolute atomic E-state index is 5.45. The number of furan rings is 1. The molecule has 1 heterocycles. The molecule has 0 bridgehead atoms. The van der Waals surface area contributed by atoms with Crippen LogP contribution in [0.25, 0.3) is 0 Å². The Morgan fingerprint density at radius 1 is 1.67 bits per heavy atom. The summed E-state index contributed by atoms with van der Waals surface area (Å²) in [6.07, 6.45) is 2.74. The monoisotopic (exact) mass is 169 g/mol. The van der Waals surface area contributed by atoms with E-state index in [1.807, 2.05) is 19.1 Å². The number of rotatable bonds is 5. The van der Waals surface area contributed by atoms with E-state index in [1.54, 1.807) is 6.26 Å². The van der Waals surface area contributed by atoms with E-state index in [9.17, 15) is 0 Å². The van der Waals surface area contributed by atoms with Crippen LogP contribution in [0, 0.1) is 0 Å². The summed E-state index contributed by atoms with van der Waals surface area (Å²) in [5.41, 5.74) is 5.37. The minimum atomic E-state index is 0.208. The highest BCUT2D eigenvalue weighted by Gasteiger charge is 2.01. The molecule has 0 saturated carbocycles. The molecule has 0 aliphatic rings. The topological polar surface area (TPSA) is 48.4 Å². The van der Waals surface area contributed by atoms with Crippen LogP contribution in [-0.2, 0) is 11.3 Å². The third-order valence-electron chi connectivity index (χ3n) is 1.66. The average Bonchev–Trinajstić information content (AvgIpc) is 2.53. The van der Waals surface area contributed by atoms with Crippen LogP contribution in [0.5, 0.6) is 0 Å². The summed E-state index contributed by atoms with van der Waals surface area (Å²) in [6.45, 7) is 3.21. The molecule has 1 aromatic rings. The molecule has 0 aliphatic heterocycles. The van der Waals surface area contributed by atoms with E-state index in [4.69, 9.17) is 14.9 Å². The molecule has 1 rings (SSSR count). The molecule has 0 amide bonds. The fourth-order valence-electron chi connectivity index (χ4n) is 0.937. The molecule has 1 aromatic heterocycles. The summed E-state index contributed by atoms with van der Waals surface area (Å²) in [4.78, 5) is 0. The number of hydrogen-bond acceptors (Lipinski definition) is 3. The van der Waals surface area contributed by atoms with Gasteiger partial charge in [0.1, 0.15) is 12.4 Å². The number of hydrogen-bond donors (Lipinski definition) is 1. The summed E-state index contributed by atoms with van der Waals surface area (Å²) in [5, 5.41) is 0. The van der Waals surface area contributed by atoms with Crippen LogP contribution < -0.4 is 5.73 Å². The number of ether oxygens (including phenoxy) is 1. The fraction of sp³-hybridized carbons (Fsp3) is 0.556. The first kappa shape index (κ1) is 9.29. The Morgan fingerprint density at radius 2 is 2.50 bits per heavy atom. The van der Waals surface area contributed by atoms with Gasteiger partial charge in [-0.25, -0.2) is 0 Å². The highest BCUT2D eigenvalue weighted by atomic mass is 16.5. The van der Waals surface area contributed by atoms with E-state index in [-0.39, 0.29) is 6.10 Å². The summed E-state index contributed by atoms with van der Waals surface area (Å²) < 4.78 is 10.6. The summed E-state index contributed by atoms with van der Waals surface area (Å²) >= 11 is 0. The van der Waals surface area contributed by atoms with Gasteiger partial charge >= 0.3 is 0 Å². The molecule has 0 saturated heterocycles. The first-order valence-corrected chi connectivity index (χ1v) is 4.17. The predicted molar refractivity (Wildman–Crippen MR) is 46.6 cm³/mol. The minimum Gasteiger partial charge on any atom is -0.467 e. The molecule has 68 valence electrons. The van der Waals surface area contributed by atoms with Crippen molar-refractivity contribution in [3.63, 3.8) is 0 Å². The van der Waals surface area contributed by atoms with E-state index in [0.29, 0.717) is 13.2 Å². The maximum atomic E-state index is 5.45. The highest BCUT2D eigenvalue weighted by molar-refractivity contribution is 4.96. The van der Waals surface area contributed by atoms with Crippen molar-refractivity contribution in [3.8, 4) is 0 Å². The van der Waals surface area contributed by atoms with Gasteiger partial charge in [-0.15, -0.1) is 0 Å². The van der Waals surface area contributed by atoms with Crippen LogP contribution in [0.1, 0.15) is 19.1 Å². The molecule has 0 radical (unpaired) electrons. The fourth-order valence-corrected chi connectivity index (χ4v) is 0.937. The Balaban J connectivity index is 2.17. The van der Waals surface area contributed by atoms with Gasteiger partial charge in [-0.1, -0.05) is 0 Å². The van der Waals surface area contributed by atoms with Gasteiger partial charge in [0.2, 0.25) is 0 Å². The van der Waals surface area contributed by atoms with Crippen molar-refractivity contribution in [2.24, 2.45) is 5.73 Å². The maximum Gasteiger partial charge on any atom is 0.129 e.